The number of hydrogen-bond donors (Lipinski definition) is 0. The minimum Gasteiger partial charge on any atom is -0.549 e. The summed E-state index contributed by atoms with van der Waals surface area (Å²) in [5.74, 6) is -2.01. The van der Waals surface area contributed by atoms with Gasteiger partial charge in [0.2, 0.25) is 0 Å². The zero-order valence-electron chi connectivity index (χ0n) is 18.3. The maximum absolute atomic E-state index is 11.2. The van der Waals surface area contributed by atoms with E-state index in [-0.39, 0.29) is 34.9 Å². The van der Waals surface area contributed by atoms with Gasteiger partial charge in [0.05, 0.1) is 11.9 Å². The fraction of sp³-hybridized carbons (Fsp3) is 0.417. The molecular formula is C24H30MgO4. The Morgan fingerprint density at radius 3 is 1.07 bits per heavy atom. The standard InChI is InChI=1S/2C12H16O2.Mg/c2*1-9(2)12(3,11(13)14)10-7-5-4-6-8-10;/h2*4-9H,1-3H3,(H,13,14);/q;;+2/p-2. The van der Waals surface area contributed by atoms with Crippen molar-refractivity contribution >= 4 is 35.0 Å². The normalized spacial score (nSPS) is 14.6. The van der Waals surface area contributed by atoms with Crippen LogP contribution >= 0.6 is 0 Å². The molecule has 2 atom stereocenters. The summed E-state index contributed by atoms with van der Waals surface area (Å²) >= 11 is 0. The van der Waals surface area contributed by atoms with Crippen molar-refractivity contribution in [2.45, 2.75) is 52.4 Å². The summed E-state index contributed by atoms with van der Waals surface area (Å²) in [4.78, 5) is 22.3. The van der Waals surface area contributed by atoms with Crippen molar-refractivity contribution in [3.8, 4) is 0 Å². The van der Waals surface area contributed by atoms with Crippen LogP contribution in [0.15, 0.2) is 60.7 Å². The number of hydrogen-bond acceptors (Lipinski definition) is 4. The molecule has 0 radical (unpaired) electrons. The van der Waals surface area contributed by atoms with Gasteiger partial charge < -0.3 is 19.8 Å². The Hall–Kier alpha value is -1.85. The van der Waals surface area contributed by atoms with Crippen molar-refractivity contribution in [1.82, 2.24) is 0 Å². The summed E-state index contributed by atoms with van der Waals surface area (Å²) < 4.78 is 0. The molecule has 2 rings (SSSR count). The molecule has 0 bridgehead atoms. The largest absolute Gasteiger partial charge is 2.00 e. The third kappa shape index (κ3) is 6.06. The van der Waals surface area contributed by atoms with Gasteiger partial charge in [-0.3, -0.25) is 0 Å². The van der Waals surface area contributed by atoms with Gasteiger partial charge >= 0.3 is 23.1 Å². The van der Waals surface area contributed by atoms with E-state index in [4.69, 9.17) is 0 Å². The molecule has 5 heteroatoms. The summed E-state index contributed by atoms with van der Waals surface area (Å²) in [6.45, 7) is 11.0. The number of rotatable bonds is 6. The van der Waals surface area contributed by atoms with Crippen LogP contribution in [0.4, 0.5) is 0 Å². The van der Waals surface area contributed by atoms with Crippen molar-refractivity contribution in [2.75, 3.05) is 0 Å². The maximum Gasteiger partial charge on any atom is 2.00 e. The Morgan fingerprint density at radius 2 is 0.897 bits per heavy atom. The van der Waals surface area contributed by atoms with Crippen molar-refractivity contribution < 1.29 is 19.8 Å². The third-order valence-electron chi connectivity index (χ3n) is 5.90. The Balaban J connectivity index is 0.000000523. The van der Waals surface area contributed by atoms with Gasteiger partial charge in [-0.05, 0) is 36.8 Å². The molecule has 0 aliphatic heterocycles. The molecule has 152 valence electrons. The topological polar surface area (TPSA) is 80.3 Å². The second-order valence-electron chi connectivity index (χ2n) is 8.02. The molecule has 0 saturated heterocycles. The number of carboxylic acid groups (broad SMARTS) is 2. The van der Waals surface area contributed by atoms with Crippen LogP contribution in [0, 0.1) is 11.8 Å². The van der Waals surface area contributed by atoms with Gasteiger partial charge in [-0.15, -0.1) is 0 Å². The van der Waals surface area contributed by atoms with Crippen molar-refractivity contribution in [2.24, 2.45) is 11.8 Å². The number of carboxylic acids is 2. The van der Waals surface area contributed by atoms with Gasteiger partial charge in [0.15, 0.2) is 0 Å². The van der Waals surface area contributed by atoms with E-state index in [0.717, 1.165) is 11.1 Å². The fourth-order valence-corrected chi connectivity index (χ4v) is 2.94. The number of aliphatic carboxylic acids is 2. The summed E-state index contributed by atoms with van der Waals surface area (Å²) in [7, 11) is 0. The van der Waals surface area contributed by atoms with Crippen LogP contribution in [0.2, 0.25) is 0 Å². The van der Waals surface area contributed by atoms with Crippen LogP contribution < -0.4 is 10.2 Å². The fourth-order valence-electron chi connectivity index (χ4n) is 2.94. The predicted molar refractivity (Wildman–Crippen MR) is 113 cm³/mol. The first-order valence-electron chi connectivity index (χ1n) is 9.52. The van der Waals surface area contributed by atoms with Crippen LogP contribution in [0.25, 0.3) is 0 Å². The van der Waals surface area contributed by atoms with E-state index in [1.54, 1.807) is 13.8 Å². The third-order valence-corrected chi connectivity index (χ3v) is 5.90. The van der Waals surface area contributed by atoms with Gasteiger partial charge in [0, 0.05) is 10.8 Å². The van der Waals surface area contributed by atoms with Gasteiger partial charge in [-0.2, -0.15) is 0 Å². The second-order valence-corrected chi connectivity index (χ2v) is 8.02. The van der Waals surface area contributed by atoms with Gasteiger partial charge in [0.25, 0.3) is 0 Å². The smallest absolute Gasteiger partial charge is 0.549 e. The van der Waals surface area contributed by atoms with Crippen LogP contribution in [0.3, 0.4) is 0 Å². The monoisotopic (exact) mass is 406 g/mol. The number of benzene rings is 2. The van der Waals surface area contributed by atoms with Crippen LogP contribution in [-0.4, -0.2) is 35.0 Å². The molecular weight excluding hydrogens is 377 g/mol. The molecule has 0 aliphatic rings. The molecule has 0 fully saturated rings. The van der Waals surface area contributed by atoms with E-state index in [1.165, 1.54) is 0 Å². The summed E-state index contributed by atoms with van der Waals surface area (Å²) in [6, 6.07) is 18.5. The van der Waals surface area contributed by atoms with Crippen molar-refractivity contribution in [1.29, 1.82) is 0 Å². The van der Waals surface area contributed by atoms with Gasteiger partial charge in [-0.1, -0.05) is 88.4 Å². The minimum absolute atomic E-state index is 0. The first-order valence-corrected chi connectivity index (χ1v) is 9.52. The van der Waals surface area contributed by atoms with Crippen LogP contribution in [-0.2, 0) is 20.4 Å². The number of carbonyl (C=O) groups excluding carboxylic acids is 2. The van der Waals surface area contributed by atoms with E-state index in [2.05, 4.69) is 0 Å². The van der Waals surface area contributed by atoms with Crippen molar-refractivity contribution in [3.63, 3.8) is 0 Å². The molecule has 0 aromatic heterocycles. The molecule has 0 N–H and O–H groups in total. The Labute approximate surface area is 190 Å². The van der Waals surface area contributed by atoms with E-state index < -0.39 is 22.8 Å². The molecule has 0 amide bonds. The minimum atomic E-state index is -1.02. The van der Waals surface area contributed by atoms with Gasteiger partial charge in [0.1, 0.15) is 0 Å². The van der Waals surface area contributed by atoms with E-state index in [0.29, 0.717) is 0 Å². The van der Waals surface area contributed by atoms with Crippen LogP contribution in [0.5, 0.6) is 0 Å². The maximum atomic E-state index is 11.2. The molecule has 0 spiro atoms. The number of carbonyl (C=O) groups is 2. The zero-order chi connectivity index (χ0) is 21.5. The molecule has 0 heterocycles. The Kier molecular flexibility index (Phi) is 10.6. The van der Waals surface area contributed by atoms with E-state index in [9.17, 15) is 19.8 Å². The van der Waals surface area contributed by atoms with E-state index in [1.807, 2.05) is 88.4 Å². The van der Waals surface area contributed by atoms with E-state index >= 15 is 0 Å². The quantitative estimate of drug-likeness (QED) is 0.689. The molecule has 29 heavy (non-hydrogen) atoms. The molecule has 4 nitrogen and oxygen atoms in total. The molecule has 2 aromatic rings. The molecule has 0 saturated carbocycles. The summed E-state index contributed by atoms with van der Waals surface area (Å²) in [5.41, 5.74) is -0.201. The average Bonchev–Trinajstić information content (AvgIpc) is 2.67. The Morgan fingerprint density at radius 1 is 0.655 bits per heavy atom. The summed E-state index contributed by atoms with van der Waals surface area (Å²) in [6.07, 6.45) is 0. The Bertz CT molecular complexity index is 706. The van der Waals surface area contributed by atoms with Gasteiger partial charge in [-0.25, -0.2) is 0 Å². The zero-order valence-corrected chi connectivity index (χ0v) is 19.7. The first-order chi connectivity index (χ1) is 13.0. The molecule has 2 aromatic carbocycles. The first kappa shape index (κ1) is 27.1. The molecule has 0 aliphatic carbocycles. The average molecular weight is 407 g/mol. The molecule has 2 unspecified atom stereocenters. The second kappa shape index (κ2) is 11.4. The van der Waals surface area contributed by atoms with Crippen LogP contribution in [0.1, 0.15) is 52.7 Å². The SMILES string of the molecule is CC(C)C(C)(C(=O)[O-])c1ccccc1.CC(C)C(C)(C(=O)[O-])c1ccccc1.[Mg+2]. The van der Waals surface area contributed by atoms with Crippen molar-refractivity contribution in [3.05, 3.63) is 71.8 Å². The predicted octanol–water partition coefficient (Wildman–Crippen LogP) is 2.32. The summed E-state index contributed by atoms with van der Waals surface area (Å²) in [5, 5.41) is 22.3.